The lowest BCUT2D eigenvalue weighted by atomic mass is 9.80. The first kappa shape index (κ1) is 23.0. The Labute approximate surface area is 176 Å². The zero-order chi connectivity index (χ0) is 22.3. The van der Waals surface area contributed by atoms with Gasteiger partial charge in [-0.15, -0.1) is 0 Å². The van der Waals surface area contributed by atoms with Crippen molar-refractivity contribution in [2.45, 2.75) is 27.7 Å². The minimum Gasteiger partial charge on any atom is -0.465 e. The predicted molar refractivity (Wildman–Crippen MR) is 111 cm³/mol. The minimum absolute atomic E-state index is 0.00474. The molecule has 2 atom stereocenters. The van der Waals surface area contributed by atoms with E-state index in [0.29, 0.717) is 0 Å². The van der Waals surface area contributed by atoms with Crippen molar-refractivity contribution in [1.82, 2.24) is 0 Å². The molecule has 6 nitrogen and oxygen atoms in total. The molecule has 0 amide bonds. The van der Waals surface area contributed by atoms with Crippen LogP contribution >= 0.6 is 0 Å². The largest absolute Gasteiger partial charge is 0.465 e. The van der Waals surface area contributed by atoms with Crippen LogP contribution in [-0.2, 0) is 19.1 Å². The fraction of sp³-hybridized carbons (Fsp3) is 0.333. The first-order chi connectivity index (χ1) is 14.3. The van der Waals surface area contributed by atoms with Gasteiger partial charge in [-0.2, -0.15) is 0 Å². The number of carbonyl (C=O) groups excluding carboxylic acids is 4. The Bertz CT molecular complexity index is 834. The Kier molecular flexibility index (Phi) is 8.04. The molecule has 0 fully saturated rings. The van der Waals surface area contributed by atoms with Crippen LogP contribution in [-0.4, -0.2) is 36.7 Å². The van der Waals surface area contributed by atoms with Crippen LogP contribution in [0.2, 0.25) is 0 Å². The summed E-state index contributed by atoms with van der Waals surface area (Å²) in [5, 5.41) is 0. The van der Waals surface area contributed by atoms with E-state index in [-0.39, 0.29) is 24.3 Å². The summed E-state index contributed by atoms with van der Waals surface area (Å²) in [6.07, 6.45) is 0. The maximum absolute atomic E-state index is 13.3. The molecule has 0 saturated heterocycles. The number of hydrogen-bond acceptors (Lipinski definition) is 6. The maximum Gasteiger partial charge on any atom is 0.318 e. The summed E-state index contributed by atoms with van der Waals surface area (Å²) < 4.78 is 10.1. The van der Waals surface area contributed by atoms with E-state index in [4.69, 9.17) is 9.47 Å². The van der Waals surface area contributed by atoms with Gasteiger partial charge < -0.3 is 9.47 Å². The Balaban J connectivity index is 2.56. The van der Waals surface area contributed by atoms with Crippen LogP contribution in [0.1, 0.15) is 45.7 Å². The predicted octanol–water partition coefficient (Wildman–Crippen LogP) is 3.73. The highest BCUT2D eigenvalue weighted by atomic mass is 16.5. The summed E-state index contributed by atoms with van der Waals surface area (Å²) in [6, 6.07) is 13.1. The molecular weight excluding hydrogens is 384 g/mol. The monoisotopic (exact) mass is 410 g/mol. The molecule has 0 bridgehead atoms. The first-order valence-electron chi connectivity index (χ1n) is 9.85. The first-order valence-corrected chi connectivity index (χ1v) is 9.85. The number of Topliss-reactive ketones (excluding diaryl/α,β-unsaturated/α-hetero) is 2. The molecule has 0 radical (unpaired) electrons. The third kappa shape index (κ3) is 5.41. The Morgan fingerprint density at radius 1 is 0.633 bits per heavy atom. The van der Waals surface area contributed by atoms with E-state index in [2.05, 4.69) is 0 Å². The van der Waals surface area contributed by atoms with Gasteiger partial charge >= 0.3 is 11.9 Å². The van der Waals surface area contributed by atoms with Gasteiger partial charge in [0, 0.05) is 11.1 Å². The van der Waals surface area contributed by atoms with Crippen molar-refractivity contribution in [3.8, 4) is 0 Å². The minimum atomic E-state index is -1.64. The Hall–Kier alpha value is -3.28. The van der Waals surface area contributed by atoms with Crippen LogP contribution in [0.3, 0.4) is 0 Å². The van der Waals surface area contributed by atoms with Crippen molar-refractivity contribution in [3.05, 3.63) is 70.8 Å². The maximum atomic E-state index is 13.3. The van der Waals surface area contributed by atoms with Gasteiger partial charge in [-0.1, -0.05) is 59.7 Å². The number of carbonyl (C=O) groups is 4. The molecule has 2 aromatic rings. The molecule has 158 valence electrons. The lowest BCUT2D eigenvalue weighted by Gasteiger charge is -2.22. The summed E-state index contributed by atoms with van der Waals surface area (Å²) in [6.45, 7) is 6.91. The van der Waals surface area contributed by atoms with Crippen molar-refractivity contribution < 1.29 is 28.7 Å². The molecule has 0 N–H and O–H groups in total. The molecule has 0 heterocycles. The third-order valence-corrected chi connectivity index (χ3v) is 4.65. The number of esters is 2. The zero-order valence-electron chi connectivity index (χ0n) is 17.6. The van der Waals surface area contributed by atoms with Crippen molar-refractivity contribution in [3.63, 3.8) is 0 Å². The van der Waals surface area contributed by atoms with Crippen LogP contribution in [0.25, 0.3) is 0 Å². The SMILES string of the molecule is CCOC(=O)C(C(=O)c1ccc(C)cc1)C(C(=O)OCC)C(=O)c1ccc(C)cc1. The molecule has 0 aliphatic carbocycles. The van der Waals surface area contributed by atoms with Crippen molar-refractivity contribution in [1.29, 1.82) is 0 Å². The fourth-order valence-corrected chi connectivity index (χ4v) is 3.05. The molecule has 0 aliphatic rings. The van der Waals surface area contributed by atoms with Gasteiger partial charge in [-0.05, 0) is 27.7 Å². The average Bonchev–Trinajstić information content (AvgIpc) is 2.72. The molecule has 0 saturated carbocycles. The third-order valence-electron chi connectivity index (χ3n) is 4.65. The second-order valence-corrected chi connectivity index (χ2v) is 6.92. The molecule has 0 aromatic heterocycles. The number of ketones is 2. The highest BCUT2D eigenvalue weighted by Gasteiger charge is 2.46. The second kappa shape index (κ2) is 10.5. The molecule has 2 unspecified atom stereocenters. The van der Waals surface area contributed by atoms with E-state index in [1.807, 2.05) is 13.8 Å². The fourth-order valence-electron chi connectivity index (χ4n) is 3.05. The molecular formula is C24H26O6. The normalized spacial score (nSPS) is 12.5. The van der Waals surface area contributed by atoms with E-state index >= 15 is 0 Å². The Morgan fingerprint density at radius 3 is 1.20 bits per heavy atom. The van der Waals surface area contributed by atoms with E-state index in [0.717, 1.165) is 11.1 Å². The summed E-state index contributed by atoms with van der Waals surface area (Å²) >= 11 is 0. The standard InChI is InChI=1S/C24H26O6/c1-5-29-23(27)19(21(25)17-11-7-15(3)8-12-17)20(24(28)30-6-2)22(26)18-13-9-16(4)10-14-18/h7-14,19-20H,5-6H2,1-4H3. The molecule has 2 aromatic carbocycles. The zero-order valence-corrected chi connectivity index (χ0v) is 17.6. The van der Waals surface area contributed by atoms with Gasteiger partial charge in [0.2, 0.25) is 0 Å². The van der Waals surface area contributed by atoms with Crippen LogP contribution in [0, 0.1) is 25.7 Å². The van der Waals surface area contributed by atoms with E-state index in [9.17, 15) is 19.2 Å². The number of rotatable bonds is 9. The van der Waals surface area contributed by atoms with Crippen LogP contribution in [0.15, 0.2) is 48.5 Å². The Morgan fingerprint density at radius 2 is 0.933 bits per heavy atom. The smallest absolute Gasteiger partial charge is 0.318 e. The molecule has 30 heavy (non-hydrogen) atoms. The molecule has 6 heteroatoms. The van der Waals surface area contributed by atoms with Gasteiger partial charge in [0.15, 0.2) is 11.6 Å². The summed E-state index contributed by atoms with van der Waals surface area (Å²) in [7, 11) is 0. The van der Waals surface area contributed by atoms with Gasteiger partial charge in [-0.25, -0.2) is 0 Å². The van der Waals surface area contributed by atoms with Crippen molar-refractivity contribution in [2.75, 3.05) is 13.2 Å². The highest BCUT2D eigenvalue weighted by Crippen LogP contribution is 2.26. The van der Waals surface area contributed by atoms with E-state index < -0.39 is 35.3 Å². The number of ether oxygens (including phenoxy) is 2. The van der Waals surface area contributed by atoms with Gasteiger partial charge in [0.1, 0.15) is 11.8 Å². The number of hydrogen-bond donors (Lipinski definition) is 0. The second-order valence-electron chi connectivity index (χ2n) is 6.92. The number of aryl methyl sites for hydroxylation is 2. The lowest BCUT2D eigenvalue weighted by molar-refractivity contribution is -0.156. The van der Waals surface area contributed by atoms with Crippen LogP contribution in [0.5, 0.6) is 0 Å². The highest BCUT2D eigenvalue weighted by molar-refractivity contribution is 6.19. The summed E-state index contributed by atoms with van der Waals surface area (Å²) in [4.78, 5) is 52.0. The lowest BCUT2D eigenvalue weighted by Crippen LogP contribution is -2.42. The van der Waals surface area contributed by atoms with Crippen molar-refractivity contribution in [2.24, 2.45) is 11.8 Å². The van der Waals surface area contributed by atoms with Gasteiger partial charge in [0.05, 0.1) is 13.2 Å². The van der Waals surface area contributed by atoms with E-state index in [1.54, 1.807) is 62.4 Å². The van der Waals surface area contributed by atoms with Crippen LogP contribution in [0.4, 0.5) is 0 Å². The van der Waals surface area contributed by atoms with Crippen LogP contribution < -0.4 is 0 Å². The average molecular weight is 410 g/mol. The van der Waals surface area contributed by atoms with Gasteiger partial charge in [0.25, 0.3) is 0 Å². The van der Waals surface area contributed by atoms with E-state index in [1.165, 1.54) is 0 Å². The summed E-state index contributed by atoms with van der Waals surface area (Å²) in [5.74, 6) is -6.46. The van der Waals surface area contributed by atoms with Crippen molar-refractivity contribution >= 4 is 23.5 Å². The van der Waals surface area contributed by atoms with Gasteiger partial charge in [-0.3, -0.25) is 19.2 Å². The quantitative estimate of drug-likeness (QED) is 0.356. The summed E-state index contributed by atoms with van der Waals surface area (Å²) in [5.41, 5.74) is 2.28. The number of benzene rings is 2. The molecule has 2 rings (SSSR count). The molecule has 0 aliphatic heterocycles. The molecule has 0 spiro atoms. The topological polar surface area (TPSA) is 86.7 Å².